The first-order chi connectivity index (χ1) is 12.9. The molecule has 2 aromatic rings. The SMILES string of the molecule is CCOc1c(Cl)cc(/C=C(\C(=O)O)c2ccc(OC)c(OC)c2)cc1OC. The molecule has 0 radical (unpaired) electrons. The fraction of sp³-hybridized carbons (Fsp3) is 0.250. The van der Waals surface area contributed by atoms with Crippen molar-refractivity contribution in [3.63, 3.8) is 0 Å². The van der Waals surface area contributed by atoms with Gasteiger partial charge in [-0.05, 0) is 48.4 Å². The molecule has 0 saturated carbocycles. The van der Waals surface area contributed by atoms with Gasteiger partial charge in [-0.15, -0.1) is 0 Å². The number of aliphatic carboxylic acids is 1. The van der Waals surface area contributed by atoms with Crippen molar-refractivity contribution in [2.24, 2.45) is 0 Å². The number of hydrogen-bond acceptors (Lipinski definition) is 5. The van der Waals surface area contributed by atoms with E-state index in [1.165, 1.54) is 27.4 Å². The Morgan fingerprint density at radius 1 is 1.04 bits per heavy atom. The summed E-state index contributed by atoms with van der Waals surface area (Å²) in [6, 6.07) is 8.19. The number of ether oxygens (including phenoxy) is 4. The average molecular weight is 393 g/mol. The smallest absolute Gasteiger partial charge is 0.336 e. The molecule has 0 spiro atoms. The second-order valence-corrected chi connectivity index (χ2v) is 5.81. The number of halogens is 1. The molecule has 0 fully saturated rings. The first-order valence-electron chi connectivity index (χ1n) is 8.12. The summed E-state index contributed by atoms with van der Waals surface area (Å²) in [7, 11) is 4.50. The average Bonchev–Trinajstić information content (AvgIpc) is 2.67. The van der Waals surface area contributed by atoms with Crippen LogP contribution in [-0.4, -0.2) is 39.0 Å². The van der Waals surface area contributed by atoms with Gasteiger partial charge in [0, 0.05) is 0 Å². The van der Waals surface area contributed by atoms with Crippen molar-refractivity contribution in [3.05, 3.63) is 46.5 Å². The van der Waals surface area contributed by atoms with Gasteiger partial charge in [0.15, 0.2) is 23.0 Å². The fourth-order valence-electron chi connectivity index (χ4n) is 2.55. The normalized spacial score (nSPS) is 11.1. The van der Waals surface area contributed by atoms with Crippen LogP contribution in [0.3, 0.4) is 0 Å². The monoisotopic (exact) mass is 392 g/mol. The van der Waals surface area contributed by atoms with Crippen molar-refractivity contribution in [1.29, 1.82) is 0 Å². The van der Waals surface area contributed by atoms with E-state index in [0.717, 1.165) is 0 Å². The molecule has 0 saturated heterocycles. The van der Waals surface area contributed by atoms with Crippen molar-refractivity contribution in [3.8, 4) is 23.0 Å². The van der Waals surface area contributed by atoms with Crippen LogP contribution < -0.4 is 18.9 Å². The topological polar surface area (TPSA) is 74.2 Å². The summed E-state index contributed by atoms with van der Waals surface area (Å²) in [5, 5.41) is 10.0. The van der Waals surface area contributed by atoms with Crippen molar-refractivity contribution < 1.29 is 28.8 Å². The number of carbonyl (C=O) groups is 1. The van der Waals surface area contributed by atoms with E-state index in [9.17, 15) is 9.90 Å². The molecule has 0 aliphatic heterocycles. The van der Waals surface area contributed by atoms with Gasteiger partial charge in [-0.3, -0.25) is 0 Å². The van der Waals surface area contributed by atoms with Crippen LogP contribution in [-0.2, 0) is 4.79 Å². The maximum absolute atomic E-state index is 11.8. The van der Waals surface area contributed by atoms with E-state index in [4.69, 9.17) is 30.5 Å². The van der Waals surface area contributed by atoms with Crippen LogP contribution in [0.4, 0.5) is 0 Å². The van der Waals surface area contributed by atoms with Gasteiger partial charge in [-0.2, -0.15) is 0 Å². The van der Waals surface area contributed by atoms with E-state index in [1.54, 1.807) is 30.3 Å². The summed E-state index contributed by atoms with van der Waals surface area (Å²) < 4.78 is 21.2. The highest BCUT2D eigenvalue weighted by atomic mass is 35.5. The molecule has 0 aliphatic carbocycles. The lowest BCUT2D eigenvalue weighted by molar-refractivity contribution is -0.130. The Kier molecular flexibility index (Phi) is 6.96. The predicted octanol–water partition coefficient (Wildman–Crippen LogP) is 4.39. The van der Waals surface area contributed by atoms with E-state index < -0.39 is 5.97 Å². The van der Waals surface area contributed by atoms with Crippen LogP contribution in [0, 0.1) is 0 Å². The summed E-state index contributed by atoms with van der Waals surface area (Å²) in [6.45, 7) is 2.26. The zero-order valence-electron chi connectivity index (χ0n) is 15.5. The summed E-state index contributed by atoms with van der Waals surface area (Å²) >= 11 is 6.27. The molecule has 1 N–H and O–H groups in total. The standard InChI is InChI=1S/C20H21ClO6/c1-5-27-19-15(21)9-12(10-18(19)26-4)8-14(20(22)23)13-6-7-16(24-2)17(11-13)25-3/h6-11H,5H2,1-4H3,(H,22,23)/b14-8-. The third kappa shape index (κ3) is 4.65. The van der Waals surface area contributed by atoms with E-state index in [2.05, 4.69) is 0 Å². The van der Waals surface area contributed by atoms with Crippen LogP contribution in [0.2, 0.25) is 5.02 Å². The maximum atomic E-state index is 11.8. The van der Waals surface area contributed by atoms with Crippen LogP contribution in [0.5, 0.6) is 23.0 Å². The molecule has 0 atom stereocenters. The molecule has 2 rings (SSSR count). The van der Waals surface area contributed by atoms with Gasteiger partial charge >= 0.3 is 5.97 Å². The van der Waals surface area contributed by atoms with Crippen molar-refractivity contribution >= 4 is 29.2 Å². The van der Waals surface area contributed by atoms with Crippen LogP contribution in [0.25, 0.3) is 11.6 Å². The lowest BCUT2D eigenvalue weighted by Gasteiger charge is -2.13. The number of rotatable bonds is 8. The van der Waals surface area contributed by atoms with E-state index >= 15 is 0 Å². The number of hydrogen-bond donors (Lipinski definition) is 1. The van der Waals surface area contributed by atoms with Gasteiger partial charge in [-0.25, -0.2) is 4.79 Å². The minimum absolute atomic E-state index is 0.0678. The molecule has 0 aliphatic rings. The quantitative estimate of drug-likeness (QED) is 0.530. The second kappa shape index (κ2) is 9.19. The molecule has 0 aromatic heterocycles. The van der Waals surface area contributed by atoms with Crippen LogP contribution in [0.15, 0.2) is 30.3 Å². The van der Waals surface area contributed by atoms with Crippen LogP contribution >= 0.6 is 11.6 Å². The Bertz CT molecular complexity index is 860. The Labute approximate surface area is 162 Å². The zero-order valence-corrected chi connectivity index (χ0v) is 16.3. The molecule has 2 aromatic carbocycles. The Hall–Kier alpha value is -2.86. The maximum Gasteiger partial charge on any atom is 0.336 e. The molecule has 144 valence electrons. The third-order valence-electron chi connectivity index (χ3n) is 3.78. The second-order valence-electron chi connectivity index (χ2n) is 5.40. The molecule has 0 unspecified atom stereocenters. The molecular weight excluding hydrogens is 372 g/mol. The van der Waals surface area contributed by atoms with Crippen molar-refractivity contribution in [1.82, 2.24) is 0 Å². The van der Waals surface area contributed by atoms with Gasteiger partial charge in [0.1, 0.15) is 0 Å². The highest BCUT2D eigenvalue weighted by Crippen LogP contribution is 2.38. The van der Waals surface area contributed by atoms with E-state index in [0.29, 0.717) is 45.8 Å². The van der Waals surface area contributed by atoms with Gasteiger partial charge in [0.05, 0.1) is 38.5 Å². The van der Waals surface area contributed by atoms with Gasteiger partial charge in [-0.1, -0.05) is 17.7 Å². The summed E-state index contributed by atoms with van der Waals surface area (Å²) in [6.07, 6.45) is 1.51. The Balaban J connectivity index is 2.56. The molecular formula is C20H21ClO6. The minimum Gasteiger partial charge on any atom is -0.493 e. The molecule has 27 heavy (non-hydrogen) atoms. The first-order valence-corrected chi connectivity index (χ1v) is 8.50. The molecule has 0 bridgehead atoms. The summed E-state index contributed by atoms with van der Waals surface area (Å²) in [4.78, 5) is 11.8. The number of methoxy groups -OCH3 is 3. The number of carboxylic acids is 1. The van der Waals surface area contributed by atoms with Gasteiger partial charge in [0.2, 0.25) is 0 Å². The number of carboxylic acid groups (broad SMARTS) is 1. The highest BCUT2D eigenvalue weighted by molar-refractivity contribution is 6.32. The predicted molar refractivity (Wildman–Crippen MR) is 104 cm³/mol. The zero-order chi connectivity index (χ0) is 20.0. The Morgan fingerprint density at radius 3 is 2.26 bits per heavy atom. The van der Waals surface area contributed by atoms with E-state index in [1.807, 2.05) is 6.92 Å². The largest absolute Gasteiger partial charge is 0.493 e. The highest BCUT2D eigenvalue weighted by Gasteiger charge is 2.16. The number of benzene rings is 2. The Morgan fingerprint density at radius 2 is 1.70 bits per heavy atom. The van der Waals surface area contributed by atoms with Crippen molar-refractivity contribution in [2.45, 2.75) is 6.92 Å². The molecule has 0 heterocycles. The van der Waals surface area contributed by atoms with Gasteiger partial charge < -0.3 is 24.1 Å². The minimum atomic E-state index is -1.09. The van der Waals surface area contributed by atoms with Crippen molar-refractivity contribution in [2.75, 3.05) is 27.9 Å². The molecule has 6 nitrogen and oxygen atoms in total. The van der Waals surface area contributed by atoms with Crippen LogP contribution in [0.1, 0.15) is 18.1 Å². The first kappa shape index (κ1) is 20.5. The fourth-order valence-corrected chi connectivity index (χ4v) is 2.82. The lowest BCUT2D eigenvalue weighted by Crippen LogP contribution is -2.01. The third-order valence-corrected chi connectivity index (χ3v) is 4.06. The summed E-state index contributed by atoms with van der Waals surface area (Å²) in [5.41, 5.74) is 1.09. The molecule has 0 amide bonds. The molecule has 7 heteroatoms. The van der Waals surface area contributed by atoms with E-state index in [-0.39, 0.29) is 5.57 Å². The summed E-state index contributed by atoms with van der Waals surface area (Å²) in [5.74, 6) is 0.696. The lowest BCUT2D eigenvalue weighted by atomic mass is 10.0. The van der Waals surface area contributed by atoms with Gasteiger partial charge in [0.25, 0.3) is 0 Å².